The van der Waals surface area contributed by atoms with E-state index in [9.17, 15) is 9.59 Å². The third-order valence-electron chi connectivity index (χ3n) is 1.87. The van der Waals surface area contributed by atoms with Crippen LogP contribution >= 0.6 is 0 Å². The maximum absolute atomic E-state index is 11.7. The average Bonchev–Trinajstić information content (AvgIpc) is 2.59. The minimum absolute atomic E-state index is 0.144. The SMILES string of the molecule is Nc1nc2nc[nH]c2c(=O)n1CC(=O)O. The van der Waals surface area contributed by atoms with Crippen LogP contribution in [-0.4, -0.2) is 30.6 Å². The summed E-state index contributed by atoms with van der Waals surface area (Å²) in [7, 11) is 0. The minimum Gasteiger partial charge on any atom is -0.480 e. The Hall–Kier alpha value is -2.38. The van der Waals surface area contributed by atoms with E-state index in [-0.39, 0.29) is 17.1 Å². The lowest BCUT2D eigenvalue weighted by molar-refractivity contribution is -0.137. The lowest BCUT2D eigenvalue weighted by Crippen LogP contribution is -2.27. The number of aliphatic carboxylic acids is 1. The predicted molar refractivity (Wildman–Crippen MR) is 50.2 cm³/mol. The summed E-state index contributed by atoms with van der Waals surface area (Å²) < 4.78 is 0.864. The van der Waals surface area contributed by atoms with E-state index < -0.39 is 18.1 Å². The summed E-state index contributed by atoms with van der Waals surface area (Å²) in [5, 5.41) is 8.57. The van der Waals surface area contributed by atoms with Gasteiger partial charge < -0.3 is 15.8 Å². The highest BCUT2D eigenvalue weighted by Gasteiger charge is 2.12. The van der Waals surface area contributed by atoms with Gasteiger partial charge in [-0.25, -0.2) is 4.98 Å². The molecule has 0 aliphatic rings. The molecule has 0 saturated carbocycles. The number of nitrogen functional groups attached to an aromatic ring is 1. The summed E-state index contributed by atoms with van der Waals surface area (Å²) >= 11 is 0. The van der Waals surface area contributed by atoms with Crippen LogP contribution in [0.25, 0.3) is 11.2 Å². The number of aromatic nitrogens is 4. The van der Waals surface area contributed by atoms with Gasteiger partial charge in [0.2, 0.25) is 5.95 Å². The van der Waals surface area contributed by atoms with Crippen molar-refractivity contribution in [2.24, 2.45) is 0 Å². The molecule has 15 heavy (non-hydrogen) atoms. The molecule has 0 spiro atoms. The molecule has 0 radical (unpaired) electrons. The molecule has 0 saturated heterocycles. The highest BCUT2D eigenvalue weighted by atomic mass is 16.4. The van der Waals surface area contributed by atoms with Gasteiger partial charge in [0.1, 0.15) is 6.54 Å². The van der Waals surface area contributed by atoms with Crippen molar-refractivity contribution in [3.05, 3.63) is 16.7 Å². The molecule has 2 aromatic heterocycles. The van der Waals surface area contributed by atoms with E-state index in [0.717, 1.165) is 4.57 Å². The highest BCUT2D eigenvalue weighted by Crippen LogP contribution is 2.03. The Morgan fingerprint density at radius 1 is 1.67 bits per heavy atom. The van der Waals surface area contributed by atoms with Crippen LogP contribution in [0, 0.1) is 0 Å². The molecule has 0 amide bonds. The number of hydrogen-bond donors (Lipinski definition) is 3. The molecule has 0 fully saturated rings. The van der Waals surface area contributed by atoms with Crippen LogP contribution < -0.4 is 11.3 Å². The molecule has 8 nitrogen and oxygen atoms in total. The first kappa shape index (κ1) is 9.19. The van der Waals surface area contributed by atoms with Crippen molar-refractivity contribution >= 4 is 23.1 Å². The van der Waals surface area contributed by atoms with Crippen molar-refractivity contribution in [2.75, 3.05) is 5.73 Å². The second-order valence-electron chi connectivity index (χ2n) is 2.86. The Morgan fingerprint density at radius 2 is 2.40 bits per heavy atom. The summed E-state index contributed by atoms with van der Waals surface area (Å²) in [4.78, 5) is 32.2. The molecule has 0 aliphatic heterocycles. The monoisotopic (exact) mass is 209 g/mol. The molecule has 78 valence electrons. The first-order valence-electron chi connectivity index (χ1n) is 4.01. The molecular weight excluding hydrogens is 202 g/mol. The molecule has 2 rings (SSSR count). The fraction of sp³-hybridized carbons (Fsp3) is 0.143. The van der Waals surface area contributed by atoms with E-state index in [1.165, 1.54) is 6.33 Å². The molecule has 0 unspecified atom stereocenters. The van der Waals surface area contributed by atoms with E-state index >= 15 is 0 Å². The van der Waals surface area contributed by atoms with Gasteiger partial charge in [-0.05, 0) is 0 Å². The number of nitrogens with one attached hydrogen (secondary N) is 1. The molecule has 0 atom stereocenters. The van der Waals surface area contributed by atoms with Crippen LogP contribution in [0.3, 0.4) is 0 Å². The second kappa shape index (κ2) is 3.08. The number of carbonyl (C=O) groups is 1. The zero-order valence-electron chi connectivity index (χ0n) is 7.47. The highest BCUT2D eigenvalue weighted by molar-refractivity contribution is 5.72. The normalized spacial score (nSPS) is 10.7. The Balaban J connectivity index is 2.72. The maximum atomic E-state index is 11.7. The van der Waals surface area contributed by atoms with Gasteiger partial charge in [-0.3, -0.25) is 14.2 Å². The molecule has 2 heterocycles. The maximum Gasteiger partial charge on any atom is 0.323 e. The fourth-order valence-electron chi connectivity index (χ4n) is 1.23. The molecule has 0 aromatic carbocycles. The van der Waals surface area contributed by atoms with Crippen LogP contribution in [-0.2, 0) is 11.3 Å². The Morgan fingerprint density at radius 3 is 3.07 bits per heavy atom. The number of fused-ring (bicyclic) bond motifs is 1. The summed E-state index contributed by atoms with van der Waals surface area (Å²) in [6.45, 7) is -0.521. The molecule has 0 bridgehead atoms. The summed E-state index contributed by atoms with van der Waals surface area (Å²) in [6.07, 6.45) is 1.30. The number of H-pyrrole nitrogens is 1. The smallest absolute Gasteiger partial charge is 0.323 e. The quantitative estimate of drug-likeness (QED) is 0.569. The summed E-state index contributed by atoms with van der Waals surface area (Å²) in [6, 6.07) is 0. The van der Waals surface area contributed by atoms with Crippen LogP contribution in [0.2, 0.25) is 0 Å². The number of nitrogens with zero attached hydrogens (tertiary/aromatic N) is 3. The average molecular weight is 209 g/mol. The van der Waals surface area contributed by atoms with E-state index in [1.54, 1.807) is 0 Å². The van der Waals surface area contributed by atoms with E-state index in [1.807, 2.05) is 0 Å². The number of rotatable bonds is 2. The van der Waals surface area contributed by atoms with Crippen molar-refractivity contribution in [3.63, 3.8) is 0 Å². The Bertz CT molecular complexity index is 584. The molecular formula is C7H7N5O3. The number of carboxylic acid groups (broad SMARTS) is 1. The van der Waals surface area contributed by atoms with Gasteiger partial charge in [0.15, 0.2) is 11.2 Å². The predicted octanol–water partition coefficient (Wildman–Crippen LogP) is -1.21. The van der Waals surface area contributed by atoms with Crippen LogP contribution in [0.15, 0.2) is 11.1 Å². The topological polar surface area (TPSA) is 127 Å². The van der Waals surface area contributed by atoms with Crippen molar-refractivity contribution < 1.29 is 9.90 Å². The van der Waals surface area contributed by atoms with Crippen molar-refractivity contribution in [1.29, 1.82) is 0 Å². The van der Waals surface area contributed by atoms with Crippen LogP contribution in [0.4, 0.5) is 5.95 Å². The zero-order chi connectivity index (χ0) is 11.0. The Labute approximate surface area is 82.4 Å². The number of nitrogens with two attached hydrogens (primary N) is 1. The number of hydrogen-bond acceptors (Lipinski definition) is 5. The standard InChI is InChI=1S/C7H7N5O3/c8-7-11-5-4(9-2-10-5)6(15)12(7)1-3(13)14/h2H,1H2,(H2,8,11)(H,9,10)(H,13,14). The van der Waals surface area contributed by atoms with E-state index in [2.05, 4.69) is 15.0 Å². The Kier molecular flexibility index (Phi) is 1.89. The lowest BCUT2D eigenvalue weighted by Gasteiger charge is -2.04. The van der Waals surface area contributed by atoms with Gasteiger partial charge in [0, 0.05) is 0 Å². The number of aromatic amines is 1. The van der Waals surface area contributed by atoms with Gasteiger partial charge in [0.05, 0.1) is 6.33 Å². The fourth-order valence-corrected chi connectivity index (χ4v) is 1.23. The van der Waals surface area contributed by atoms with Gasteiger partial charge in [-0.15, -0.1) is 0 Å². The third-order valence-corrected chi connectivity index (χ3v) is 1.87. The number of imidazole rings is 1. The molecule has 0 aliphatic carbocycles. The van der Waals surface area contributed by atoms with Crippen molar-refractivity contribution in [3.8, 4) is 0 Å². The van der Waals surface area contributed by atoms with Crippen LogP contribution in [0.5, 0.6) is 0 Å². The van der Waals surface area contributed by atoms with Crippen molar-refractivity contribution in [2.45, 2.75) is 6.54 Å². The summed E-state index contributed by atoms with van der Waals surface area (Å²) in [5.74, 6) is -1.33. The van der Waals surface area contributed by atoms with Gasteiger partial charge in [0.25, 0.3) is 5.56 Å². The second-order valence-corrected chi connectivity index (χ2v) is 2.86. The first-order valence-corrected chi connectivity index (χ1v) is 4.01. The van der Waals surface area contributed by atoms with Crippen molar-refractivity contribution in [1.82, 2.24) is 19.5 Å². The van der Waals surface area contributed by atoms with Gasteiger partial charge in [-0.1, -0.05) is 0 Å². The number of carboxylic acids is 1. The summed E-state index contributed by atoms with van der Waals surface area (Å²) in [5.41, 5.74) is 5.21. The third kappa shape index (κ3) is 1.41. The molecule has 8 heteroatoms. The van der Waals surface area contributed by atoms with E-state index in [4.69, 9.17) is 10.8 Å². The minimum atomic E-state index is -1.16. The molecule has 4 N–H and O–H groups in total. The zero-order valence-corrected chi connectivity index (χ0v) is 7.47. The molecule has 2 aromatic rings. The number of anilines is 1. The lowest BCUT2D eigenvalue weighted by atomic mass is 10.5. The van der Waals surface area contributed by atoms with Gasteiger partial charge >= 0.3 is 5.97 Å². The van der Waals surface area contributed by atoms with E-state index in [0.29, 0.717) is 0 Å². The first-order chi connectivity index (χ1) is 7.09. The van der Waals surface area contributed by atoms with Crippen LogP contribution in [0.1, 0.15) is 0 Å². The van der Waals surface area contributed by atoms with Gasteiger partial charge in [-0.2, -0.15) is 4.98 Å². The largest absolute Gasteiger partial charge is 0.480 e.